The van der Waals surface area contributed by atoms with Gasteiger partial charge in [-0.1, -0.05) is 6.07 Å². The van der Waals surface area contributed by atoms with E-state index >= 15 is 0 Å². The van der Waals surface area contributed by atoms with Gasteiger partial charge in [0.2, 0.25) is 6.29 Å². The zero-order valence-electron chi connectivity index (χ0n) is 9.28. The third-order valence-electron chi connectivity index (χ3n) is 2.59. The van der Waals surface area contributed by atoms with E-state index in [4.69, 9.17) is 0 Å². The number of benzene rings is 1. The average molecular weight is 258 g/mol. The molecular weight excluding hydrogens is 249 g/mol. The highest BCUT2D eigenvalue weighted by atomic mass is 19.4. The van der Waals surface area contributed by atoms with Gasteiger partial charge in [-0.25, -0.2) is 4.79 Å². The summed E-state index contributed by atoms with van der Waals surface area (Å²) < 4.78 is 41.1. The molecule has 0 amide bonds. The molecule has 0 fully saturated rings. The number of halogens is 3. The number of hydrogen-bond acceptors (Lipinski definition) is 3. The first-order chi connectivity index (χ1) is 8.28. The minimum atomic E-state index is -4.41. The fraction of sp³-hybridized carbons (Fsp3) is 0.250. The highest BCUT2D eigenvalue weighted by molar-refractivity contribution is 5.94. The molecule has 1 aliphatic rings. The van der Waals surface area contributed by atoms with Crippen LogP contribution in [-0.2, 0) is 4.74 Å². The van der Waals surface area contributed by atoms with E-state index in [0.717, 1.165) is 0 Å². The molecule has 0 saturated carbocycles. The standard InChI is InChI=1S/C12H9F3O3/c1-6(5-12(13,14)15)7-2-3-8-9(4-7)11(17)18-10(8)16/h2-5,11,17H,1H3. The van der Waals surface area contributed by atoms with Crippen molar-refractivity contribution < 1.29 is 27.8 Å². The van der Waals surface area contributed by atoms with E-state index < -0.39 is 18.4 Å². The Labute approximate surface area is 100 Å². The molecule has 2 rings (SSSR count). The van der Waals surface area contributed by atoms with Crippen molar-refractivity contribution in [2.24, 2.45) is 0 Å². The predicted molar refractivity (Wildman–Crippen MR) is 56.5 cm³/mol. The van der Waals surface area contributed by atoms with Crippen LogP contribution in [0.3, 0.4) is 0 Å². The number of carbonyl (C=O) groups is 1. The molecule has 3 nitrogen and oxygen atoms in total. The Morgan fingerprint density at radius 1 is 1.44 bits per heavy atom. The normalized spacial score (nSPS) is 19.7. The van der Waals surface area contributed by atoms with Crippen LogP contribution in [0.4, 0.5) is 13.2 Å². The molecule has 1 aromatic rings. The number of rotatable bonds is 1. The van der Waals surface area contributed by atoms with Gasteiger partial charge in [-0.3, -0.25) is 0 Å². The quantitative estimate of drug-likeness (QED) is 0.788. The Morgan fingerprint density at radius 3 is 2.72 bits per heavy atom. The molecule has 1 heterocycles. The van der Waals surface area contributed by atoms with E-state index in [1.807, 2.05) is 0 Å². The van der Waals surface area contributed by atoms with Gasteiger partial charge in [0, 0.05) is 11.6 Å². The first-order valence-electron chi connectivity index (χ1n) is 5.07. The second kappa shape index (κ2) is 4.13. The zero-order valence-corrected chi connectivity index (χ0v) is 9.28. The summed E-state index contributed by atoms with van der Waals surface area (Å²) in [7, 11) is 0. The summed E-state index contributed by atoms with van der Waals surface area (Å²) in [5.74, 6) is -0.679. The average Bonchev–Trinajstić information content (AvgIpc) is 2.52. The van der Waals surface area contributed by atoms with Gasteiger partial charge in [0.25, 0.3) is 0 Å². The minimum absolute atomic E-state index is 0.00292. The third kappa shape index (κ3) is 2.38. The zero-order chi connectivity index (χ0) is 13.5. The van der Waals surface area contributed by atoms with E-state index in [9.17, 15) is 23.1 Å². The van der Waals surface area contributed by atoms with Crippen molar-refractivity contribution in [3.05, 3.63) is 41.0 Å². The number of carbonyl (C=O) groups excluding carboxylic acids is 1. The van der Waals surface area contributed by atoms with Crippen molar-refractivity contribution >= 4 is 11.5 Å². The van der Waals surface area contributed by atoms with Crippen LogP contribution in [0.2, 0.25) is 0 Å². The number of aliphatic hydroxyl groups excluding tert-OH is 1. The van der Waals surface area contributed by atoms with Gasteiger partial charge in [0.1, 0.15) is 0 Å². The summed E-state index contributed by atoms with van der Waals surface area (Å²) >= 11 is 0. The Bertz CT molecular complexity index is 532. The number of ether oxygens (including phenoxy) is 1. The molecule has 0 aromatic heterocycles. The SMILES string of the molecule is CC(=CC(F)(F)F)c1ccc2c(c1)C(O)OC2=O. The maximum atomic E-state index is 12.2. The fourth-order valence-electron chi connectivity index (χ4n) is 1.76. The fourth-order valence-corrected chi connectivity index (χ4v) is 1.76. The molecule has 1 N–H and O–H groups in total. The molecule has 1 aromatic carbocycles. The van der Waals surface area contributed by atoms with Crippen LogP contribution in [0.25, 0.3) is 5.57 Å². The van der Waals surface area contributed by atoms with Crippen LogP contribution >= 0.6 is 0 Å². The summed E-state index contributed by atoms with van der Waals surface area (Å²) in [5.41, 5.74) is 0.638. The van der Waals surface area contributed by atoms with Crippen LogP contribution in [0.5, 0.6) is 0 Å². The van der Waals surface area contributed by atoms with Crippen molar-refractivity contribution in [2.45, 2.75) is 19.4 Å². The smallest absolute Gasteiger partial charge is 0.410 e. The van der Waals surface area contributed by atoms with Crippen LogP contribution in [0, 0.1) is 0 Å². The van der Waals surface area contributed by atoms with Gasteiger partial charge in [-0.2, -0.15) is 13.2 Å². The molecule has 0 bridgehead atoms. The van der Waals surface area contributed by atoms with Crippen molar-refractivity contribution in [3.63, 3.8) is 0 Å². The predicted octanol–water partition coefficient (Wildman–Crippen LogP) is 2.81. The Kier molecular flexibility index (Phi) is 2.90. The lowest BCUT2D eigenvalue weighted by atomic mass is 10.0. The summed E-state index contributed by atoms with van der Waals surface area (Å²) in [6.45, 7) is 1.30. The van der Waals surface area contributed by atoms with Crippen molar-refractivity contribution in [1.29, 1.82) is 0 Å². The van der Waals surface area contributed by atoms with Crippen molar-refractivity contribution in [1.82, 2.24) is 0 Å². The van der Waals surface area contributed by atoms with Gasteiger partial charge >= 0.3 is 12.1 Å². The van der Waals surface area contributed by atoms with Crippen LogP contribution in [0.1, 0.15) is 34.7 Å². The number of aliphatic hydroxyl groups is 1. The molecule has 0 radical (unpaired) electrons. The van der Waals surface area contributed by atoms with E-state index in [1.165, 1.54) is 25.1 Å². The number of allylic oxidation sites excluding steroid dienone is 2. The summed E-state index contributed by atoms with van der Waals surface area (Å²) in [6.07, 6.45) is -5.65. The molecule has 0 spiro atoms. The van der Waals surface area contributed by atoms with E-state index in [1.54, 1.807) is 0 Å². The highest BCUT2D eigenvalue weighted by Crippen LogP contribution is 2.32. The number of hydrogen-bond donors (Lipinski definition) is 1. The molecule has 1 aliphatic heterocycles. The largest absolute Gasteiger partial charge is 0.428 e. The van der Waals surface area contributed by atoms with E-state index in [-0.39, 0.29) is 28.3 Å². The number of alkyl halides is 3. The minimum Gasteiger partial charge on any atom is -0.428 e. The molecule has 0 aliphatic carbocycles. The van der Waals surface area contributed by atoms with E-state index in [2.05, 4.69) is 4.74 Å². The van der Waals surface area contributed by atoms with Crippen LogP contribution in [0.15, 0.2) is 24.3 Å². The molecule has 18 heavy (non-hydrogen) atoms. The van der Waals surface area contributed by atoms with Gasteiger partial charge in [0.05, 0.1) is 5.56 Å². The van der Waals surface area contributed by atoms with Gasteiger partial charge in [0.15, 0.2) is 0 Å². The molecule has 1 unspecified atom stereocenters. The summed E-state index contributed by atoms with van der Waals surface area (Å²) in [4.78, 5) is 11.2. The van der Waals surface area contributed by atoms with Gasteiger partial charge in [-0.05, 0) is 30.2 Å². The summed E-state index contributed by atoms with van der Waals surface area (Å²) in [5, 5.41) is 9.41. The second-order valence-electron chi connectivity index (χ2n) is 3.93. The lowest BCUT2D eigenvalue weighted by Gasteiger charge is -2.07. The lowest BCUT2D eigenvalue weighted by molar-refractivity contribution is -0.0794. The van der Waals surface area contributed by atoms with Crippen LogP contribution < -0.4 is 0 Å². The van der Waals surface area contributed by atoms with Gasteiger partial charge < -0.3 is 9.84 Å². The third-order valence-corrected chi connectivity index (χ3v) is 2.59. The number of fused-ring (bicyclic) bond motifs is 1. The summed E-state index contributed by atoms with van der Waals surface area (Å²) in [6, 6.07) is 4.05. The van der Waals surface area contributed by atoms with Crippen molar-refractivity contribution in [3.8, 4) is 0 Å². The lowest BCUT2D eigenvalue weighted by Crippen LogP contribution is -2.02. The first kappa shape index (κ1) is 12.6. The monoisotopic (exact) mass is 258 g/mol. The number of cyclic esters (lactones) is 1. The first-order valence-corrected chi connectivity index (χ1v) is 5.07. The highest BCUT2D eigenvalue weighted by Gasteiger charge is 2.30. The maximum absolute atomic E-state index is 12.2. The molecule has 0 saturated heterocycles. The van der Waals surface area contributed by atoms with Crippen molar-refractivity contribution in [2.75, 3.05) is 0 Å². The molecule has 6 heteroatoms. The Morgan fingerprint density at radius 2 is 2.11 bits per heavy atom. The Balaban J connectivity index is 2.42. The second-order valence-corrected chi connectivity index (χ2v) is 3.93. The molecule has 96 valence electrons. The number of esters is 1. The maximum Gasteiger partial charge on any atom is 0.410 e. The molecular formula is C12H9F3O3. The molecule has 1 atom stereocenters. The van der Waals surface area contributed by atoms with Crippen LogP contribution in [-0.4, -0.2) is 17.3 Å². The topological polar surface area (TPSA) is 46.5 Å². The Hall–Kier alpha value is -1.82. The van der Waals surface area contributed by atoms with E-state index in [0.29, 0.717) is 0 Å². The van der Waals surface area contributed by atoms with Gasteiger partial charge in [-0.15, -0.1) is 0 Å².